The molecule has 1 atom stereocenters. The van der Waals surface area contributed by atoms with E-state index in [1.165, 1.54) is 0 Å². The summed E-state index contributed by atoms with van der Waals surface area (Å²) in [6.07, 6.45) is 4.78. The molecule has 0 aliphatic carbocycles. The molecule has 4 N–H and O–H groups in total. The molecule has 4 heterocycles. The van der Waals surface area contributed by atoms with Crippen LogP contribution in [0.1, 0.15) is 6.42 Å². The average Bonchev–Trinajstić information content (AvgIpc) is 3.24. The van der Waals surface area contributed by atoms with E-state index in [9.17, 15) is 10.2 Å². The van der Waals surface area contributed by atoms with Crippen molar-refractivity contribution in [2.45, 2.75) is 12.7 Å². The van der Waals surface area contributed by atoms with Crippen LogP contribution in [0.2, 0.25) is 0 Å². The highest BCUT2D eigenvalue weighted by atomic mass is 16.5. The summed E-state index contributed by atoms with van der Waals surface area (Å²) in [5.41, 5.74) is 8.56. The van der Waals surface area contributed by atoms with Gasteiger partial charge < -0.3 is 20.8 Å². The summed E-state index contributed by atoms with van der Waals surface area (Å²) < 4.78 is 3.32. The third-order valence-electron chi connectivity index (χ3n) is 4.47. The summed E-state index contributed by atoms with van der Waals surface area (Å²) >= 11 is 0. The Balaban J connectivity index is 1.76. The average molecular weight is 329 g/mol. The van der Waals surface area contributed by atoms with E-state index < -0.39 is 6.29 Å². The van der Waals surface area contributed by atoms with Crippen LogP contribution in [-0.4, -0.2) is 54.0 Å². The second-order valence-electron chi connectivity index (χ2n) is 6.14. The minimum absolute atomic E-state index is 0.174. The summed E-state index contributed by atoms with van der Waals surface area (Å²) in [5.74, 6) is 1.03. The molecular weight excluding hydrogens is 310 g/mol. The van der Waals surface area contributed by atoms with Gasteiger partial charge in [0.15, 0.2) is 11.9 Å². The zero-order chi connectivity index (χ0) is 16.8. The number of hydrogen-bond acceptors (Lipinski definition) is 7. The fourth-order valence-corrected chi connectivity index (χ4v) is 3.14. The lowest BCUT2D eigenvalue weighted by Crippen LogP contribution is -2.26. The first-order valence-corrected chi connectivity index (χ1v) is 7.77. The highest BCUT2D eigenvalue weighted by molar-refractivity contribution is 5.78. The van der Waals surface area contributed by atoms with Gasteiger partial charge in [-0.05, 0) is 6.42 Å². The summed E-state index contributed by atoms with van der Waals surface area (Å²) in [5, 5.41) is 27.2. The maximum Gasteiger partial charge on any atom is 0.167 e. The summed E-state index contributed by atoms with van der Waals surface area (Å²) in [4.78, 5) is 6.72. The van der Waals surface area contributed by atoms with Crippen LogP contribution in [0.25, 0.3) is 16.8 Å². The van der Waals surface area contributed by atoms with E-state index in [2.05, 4.69) is 10.2 Å². The molecule has 0 saturated carbocycles. The number of hydrogen-bond donors (Lipinski definition) is 3. The number of anilines is 2. The van der Waals surface area contributed by atoms with Crippen LogP contribution in [0.15, 0.2) is 24.7 Å². The van der Waals surface area contributed by atoms with E-state index in [-0.39, 0.29) is 5.92 Å². The van der Waals surface area contributed by atoms with Crippen LogP contribution in [0.3, 0.4) is 0 Å². The topological polar surface area (TPSA) is 118 Å². The number of aromatic nitrogens is 5. The molecule has 0 aromatic carbocycles. The molecule has 9 heteroatoms. The Morgan fingerprint density at radius 2 is 2.12 bits per heavy atom. The molecule has 1 unspecified atom stereocenters. The van der Waals surface area contributed by atoms with Gasteiger partial charge in [-0.25, -0.2) is 4.98 Å². The SMILES string of the molecule is Cn1cc(-c2cnn3c(N)cc(N4CCC(C(O)O)C4)nc23)cn1. The van der Waals surface area contributed by atoms with Crippen molar-refractivity contribution in [1.29, 1.82) is 0 Å². The Bertz CT molecular complexity index is 885. The van der Waals surface area contributed by atoms with Crippen LogP contribution < -0.4 is 10.6 Å². The van der Waals surface area contributed by atoms with Crippen molar-refractivity contribution in [3.05, 3.63) is 24.7 Å². The number of aryl methyl sites for hydroxylation is 1. The minimum atomic E-state index is -1.31. The molecule has 0 bridgehead atoms. The largest absolute Gasteiger partial charge is 0.383 e. The second-order valence-corrected chi connectivity index (χ2v) is 6.14. The van der Waals surface area contributed by atoms with Gasteiger partial charge in [-0.1, -0.05) is 0 Å². The van der Waals surface area contributed by atoms with Crippen molar-refractivity contribution in [3.8, 4) is 11.1 Å². The molecule has 0 spiro atoms. The van der Waals surface area contributed by atoms with Crippen molar-refractivity contribution in [3.63, 3.8) is 0 Å². The van der Waals surface area contributed by atoms with Gasteiger partial charge in [0.05, 0.1) is 12.4 Å². The van der Waals surface area contributed by atoms with Gasteiger partial charge in [-0.2, -0.15) is 14.7 Å². The molecule has 1 fully saturated rings. The highest BCUT2D eigenvalue weighted by Gasteiger charge is 2.28. The van der Waals surface area contributed by atoms with Gasteiger partial charge in [0.1, 0.15) is 11.6 Å². The lowest BCUT2D eigenvalue weighted by molar-refractivity contribution is -0.0771. The van der Waals surface area contributed by atoms with Crippen LogP contribution in [-0.2, 0) is 7.05 Å². The molecule has 9 nitrogen and oxygen atoms in total. The van der Waals surface area contributed by atoms with Crippen molar-refractivity contribution < 1.29 is 10.2 Å². The predicted octanol–water partition coefficient (Wildman–Crippen LogP) is -0.151. The Kier molecular flexibility index (Phi) is 3.39. The quantitative estimate of drug-likeness (QED) is 0.572. The standard InChI is InChI=1S/C15H19N7O2/c1-20-7-10(5-17-20)11-6-18-22-12(16)4-13(19-14(11)22)21-3-2-9(8-21)15(23)24/h4-7,9,15,23-24H,2-3,8,16H2,1H3. The van der Waals surface area contributed by atoms with Crippen molar-refractivity contribution >= 4 is 17.3 Å². The molecule has 1 aliphatic heterocycles. The van der Waals surface area contributed by atoms with Gasteiger partial charge in [0.2, 0.25) is 0 Å². The monoisotopic (exact) mass is 329 g/mol. The van der Waals surface area contributed by atoms with Gasteiger partial charge in [-0.15, -0.1) is 0 Å². The predicted molar refractivity (Wildman–Crippen MR) is 88.1 cm³/mol. The Morgan fingerprint density at radius 1 is 1.29 bits per heavy atom. The molecule has 1 saturated heterocycles. The number of fused-ring (bicyclic) bond motifs is 1. The molecule has 0 radical (unpaired) electrons. The van der Waals surface area contributed by atoms with Crippen molar-refractivity contribution in [1.82, 2.24) is 24.4 Å². The lowest BCUT2D eigenvalue weighted by Gasteiger charge is -2.19. The second kappa shape index (κ2) is 5.46. The smallest absolute Gasteiger partial charge is 0.167 e. The zero-order valence-corrected chi connectivity index (χ0v) is 13.2. The number of aliphatic hydroxyl groups is 2. The highest BCUT2D eigenvalue weighted by Crippen LogP contribution is 2.29. The summed E-state index contributed by atoms with van der Waals surface area (Å²) in [6, 6.07) is 1.76. The normalized spacial score (nSPS) is 18.2. The number of nitrogens with two attached hydrogens (primary N) is 1. The maximum atomic E-state index is 9.37. The molecule has 0 amide bonds. The van der Waals surface area contributed by atoms with Crippen molar-refractivity contribution in [2.75, 3.05) is 23.7 Å². The number of nitrogen functional groups attached to an aromatic ring is 1. The third kappa shape index (κ3) is 2.38. The number of nitrogens with zero attached hydrogens (tertiary/aromatic N) is 6. The van der Waals surface area contributed by atoms with E-state index in [0.29, 0.717) is 36.8 Å². The van der Waals surface area contributed by atoms with Crippen LogP contribution in [0.5, 0.6) is 0 Å². The van der Waals surface area contributed by atoms with Gasteiger partial charge in [-0.3, -0.25) is 4.68 Å². The maximum absolute atomic E-state index is 9.37. The molecule has 3 aromatic heterocycles. The fraction of sp³-hybridized carbons (Fsp3) is 0.400. The third-order valence-corrected chi connectivity index (χ3v) is 4.47. The molecule has 3 aromatic rings. The molecule has 24 heavy (non-hydrogen) atoms. The lowest BCUT2D eigenvalue weighted by atomic mass is 10.1. The first-order valence-electron chi connectivity index (χ1n) is 7.77. The first-order chi connectivity index (χ1) is 11.5. The Hall–Kier alpha value is -2.65. The molecule has 4 rings (SSSR count). The van der Waals surface area contributed by atoms with Crippen molar-refractivity contribution in [2.24, 2.45) is 13.0 Å². The zero-order valence-electron chi connectivity index (χ0n) is 13.2. The molecular formula is C15H19N7O2. The number of aliphatic hydroxyl groups excluding tert-OH is 1. The van der Waals surface area contributed by atoms with Crippen LogP contribution in [0.4, 0.5) is 11.6 Å². The molecule has 126 valence electrons. The van der Waals surface area contributed by atoms with E-state index in [0.717, 1.165) is 11.1 Å². The van der Waals surface area contributed by atoms with E-state index in [1.807, 2.05) is 18.1 Å². The number of rotatable bonds is 3. The Morgan fingerprint density at radius 3 is 2.79 bits per heavy atom. The first kappa shape index (κ1) is 14.9. The van der Waals surface area contributed by atoms with Crippen LogP contribution in [0, 0.1) is 5.92 Å². The molecule has 1 aliphatic rings. The van der Waals surface area contributed by atoms with E-state index in [4.69, 9.17) is 10.7 Å². The van der Waals surface area contributed by atoms with E-state index in [1.54, 1.807) is 27.7 Å². The van der Waals surface area contributed by atoms with Gasteiger partial charge in [0, 0.05) is 49.4 Å². The van der Waals surface area contributed by atoms with Crippen LogP contribution >= 0.6 is 0 Å². The minimum Gasteiger partial charge on any atom is -0.383 e. The van der Waals surface area contributed by atoms with Gasteiger partial charge >= 0.3 is 0 Å². The van der Waals surface area contributed by atoms with Gasteiger partial charge in [0.25, 0.3) is 0 Å². The Labute approximate surface area is 137 Å². The summed E-state index contributed by atoms with van der Waals surface area (Å²) in [7, 11) is 1.85. The fourth-order valence-electron chi connectivity index (χ4n) is 3.14. The summed E-state index contributed by atoms with van der Waals surface area (Å²) in [6.45, 7) is 1.25. The van der Waals surface area contributed by atoms with E-state index >= 15 is 0 Å².